The van der Waals surface area contributed by atoms with Crippen molar-refractivity contribution in [2.24, 2.45) is 0 Å². The third-order valence-electron chi connectivity index (χ3n) is 3.86. The number of carbonyl (C=O) groups is 1. The summed E-state index contributed by atoms with van der Waals surface area (Å²) in [5.74, 6) is -0.0768. The molecule has 0 N–H and O–H groups in total. The van der Waals surface area contributed by atoms with Gasteiger partial charge in [-0.1, -0.05) is 42.5 Å². The third kappa shape index (κ3) is 4.92. The summed E-state index contributed by atoms with van der Waals surface area (Å²) in [5, 5.41) is 10.7. The Labute approximate surface area is 156 Å². The minimum Gasteiger partial charge on any atom is -0.488 e. The molecule has 0 aliphatic carbocycles. The lowest BCUT2D eigenvalue weighted by Crippen LogP contribution is -2.08. The summed E-state index contributed by atoms with van der Waals surface area (Å²) >= 11 is 0. The molecule has 0 bridgehead atoms. The molecule has 3 aromatic rings. The number of ether oxygens (including phenoxy) is 2. The molecule has 0 unspecified atom stereocenters. The van der Waals surface area contributed by atoms with Crippen molar-refractivity contribution in [3.63, 3.8) is 0 Å². The van der Waals surface area contributed by atoms with E-state index in [0.717, 1.165) is 5.56 Å². The van der Waals surface area contributed by atoms with Gasteiger partial charge in [0.1, 0.15) is 24.5 Å². The van der Waals surface area contributed by atoms with E-state index in [1.807, 2.05) is 30.3 Å². The normalized spacial score (nSPS) is 10.2. The number of nitro benzene ring substituents is 1. The zero-order chi connectivity index (χ0) is 19.1. The van der Waals surface area contributed by atoms with E-state index in [9.17, 15) is 14.9 Å². The van der Waals surface area contributed by atoms with Crippen molar-refractivity contribution < 1.29 is 19.2 Å². The van der Waals surface area contributed by atoms with Crippen molar-refractivity contribution >= 4 is 11.7 Å². The molecule has 0 radical (unpaired) electrons. The predicted molar refractivity (Wildman–Crippen MR) is 99.4 cm³/mol. The first-order valence-electron chi connectivity index (χ1n) is 8.29. The quantitative estimate of drug-likeness (QED) is 0.350. The van der Waals surface area contributed by atoms with E-state index in [2.05, 4.69) is 0 Å². The summed E-state index contributed by atoms with van der Waals surface area (Å²) < 4.78 is 11.1. The van der Waals surface area contributed by atoms with Crippen molar-refractivity contribution in [2.45, 2.75) is 13.2 Å². The van der Waals surface area contributed by atoms with E-state index in [-0.39, 0.29) is 12.3 Å². The van der Waals surface area contributed by atoms with Crippen LogP contribution in [0.2, 0.25) is 0 Å². The average molecular weight is 363 g/mol. The van der Waals surface area contributed by atoms with Crippen LogP contribution in [0.15, 0.2) is 78.9 Å². The minimum atomic E-state index is -0.517. The highest BCUT2D eigenvalue weighted by Crippen LogP contribution is 2.21. The number of esters is 1. The van der Waals surface area contributed by atoms with Crippen LogP contribution in [0.5, 0.6) is 5.75 Å². The van der Waals surface area contributed by atoms with Crippen molar-refractivity contribution in [1.82, 2.24) is 0 Å². The summed E-state index contributed by atoms with van der Waals surface area (Å²) in [6.45, 7) is 0.358. The minimum absolute atomic E-state index is 0.00951. The van der Waals surface area contributed by atoms with Crippen LogP contribution in [0, 0.1) is 10.1 Å². The molecule has 0 spiro atoms. The first-order valence-corrected chi connectivity index (χ1v) is 8.29. The molecule has 136 valence electrons. The number of benzene rings is 3. The van der Waals surface area contributed by atoms with Gasteiger partial charge in [0.05, 0.1) is 4.92 Å². The number of rotatable bonds is 7. The highest BCUT2D eigenvalue weighted by atomic mass is 16.6. The zero-order valence-electron chi connectivity index (χ0n) is 14.4. The molecule has 0 fully saturated rings. The fourth-order valence-corrected chi connectivity index (χ4v) is 2.44. The second-order valence-electron chi connectivity index (χ2n) is 5.77. The van der Waals surface area contributed by atoms with Crippen molar-refractivity contribution in [2.75, 3.05) is 0 Å². The van der Waals surface area contributed by atoms with Gasteiger partial charge in [0.25, 0.3) is 5.69 Å². The van der Waals surface area contributed by atoms with Gasteiger partial charge in [0.15, 0.2) is 0 Å². The number of non-ortho nitro benzene ring substituents is 1. The second-order valence-corrected chi connectivity index (χ2v) is 5.77. The number of para-hydroxylation sites is 1. The van der Waals surface area contributed by atoms with Crippen LogP contribution in [0.3, 0.4) is 0 Å². The summed E-state index contributed by atoms with van der Waals surface area (Å²) in [5.41, 5.74) is 1.98. The summed E-state index contributed by atoms with van der Waals surface area (Å²) in [7, 11) is 0. The van der Waals surface area contributed by atoms with Gasteiger partial charge in [-0.15, -0.1) is 0 Å². The molecule has 6 heteroatoms. The molecule has 0 amide bonds. The van der Waals surface area contributed by atoms with E-state index in [0.29, 0.717) is 23.5 Å². The van der Waals surface area contributed by atoms with Crippen molar-refractivity contribution in [1.29, 1.82) is 0 Å². The van der Waals surface area contributed by atoms with Crippen LogP contribution in [0.25, 0.3) is 0 Å². The predicted octanol–water partition coefficient (Wildman–Crippen LogP) is 4.53. The molecule has 6 nitrogen and oxygen atoms in total. The topological polar surface area (TPSA) is 78.7 Å². The van der Waals surface area contributed by atoms with Gasteiger partial charge >= 0.3 is 5.97 Å². The molecule has 0 atom stereocenters. The Kier molecular flexibility index (Phi) is 5.79. The Balaban J connectivity index is 1.63. The monoisotopic (exact) mass is 363 g/mol. The fourth-order valence-electron chi connectivity index (χ4n) is 2.44. The molecular weight excluding hydrogens is 346 g/mol. The maximum Gasteiger partial charge on any atom is 0.342 e. The lowest BCUT2D eigenvalue weighted by atomic mass is 10.2. The third-order valence-corrected chi connectivity index (χ3v) is 3.86. The molecule has 3 aromatic carbocycles. The van der Waals surface area contributed by atoms with Crippen molar-refractivity contribution in [3.8, 4) is 5.75 Å². The van der Waals surface area contributed by atoms with E-state index in [4.69, 9.17) is 9.47 Å². The smallest absolute Gasteiger partial charge is 0.342 e. The van der Waals surface area contributed by atoms with Crippen LogP contribution in [-0.4, -0.2) is 10.9 Å². The van der Waals surface area contributed by atoms with E-state index < -0.39 is 10.9 Å². The van der Waals surface area contributed by atoms with Gasteiger partial charge in [-0.05, 0) is 35.4 Å². The highest BCUT2D eigenvalue weighted by Gasteiger charge is 2.14. The molecular formula is C21H17NO5. The molecule has 0 heterocycles. The van der Waals surface area contributed by atoms with Gasteiger partial charge in [0.2, 0.25) is 0 Å². The van der Waals surface area contributed by atoms with Crippen LogP contribution in [-0.2, 0) is 18.0 Å². The van der Waals surface area contributed by atoms with E-state index in [1.54, 1.807) is 36.4 Å². The van der Waals surface area contributed by atoms with Gasteiger partial charge in [-0.2, -0.15) is 0 Å². The Morgan fingerprint density at radius 1 is 0.815 bits per heavy atom. The van der Waals surface area contributed by atoms with Gasteiger partial charge in [0, 0.05) is 12.1 Å². The lowest BCUT2D eigenvalue weighted by molar-refractivity contribution is -0.384. The van der Waals surface area contributed by atoms with E-state index in [1.165, 1.54) is 12.1 Å². The van der Waals surface area contributed by atoms with Gasteiger partial charge < -0.3 is 9.47 Å². The molecule has 27 heavy (non-hydrogen) atoms. The van der Waals surface area contributed by atoms with E-state index >= 15 is 0 Å². The highest BCUT2D eigenvalue weighted by molar-refractivity contribution is 5.92. The summed E-state index contributed by atoms with van der Waals surface area (Å²) in [6.07, 6.45) is 0. The van der Waals surface area contributed by atoms with Crippen LogP contribution < -0.4 is 4.74 Å². The molecule has 0 aliphatic rings. The second kappa shape index (κ2) is 8.62. The van der Waals surface area contributed by atoms with Crippen LogP contribution in [0.1, 0.15) is 21.5 Å². The molecule has 3 rings (SSSR count). The fraction of sp³-hybridized carbons (Fsp3) is 0.0952. The van der Waals surface area contributed by atoms with Gasteiger partial charge in [-0.25, -0.2) is 4.79 Å². The largest absolute Gasteiger partial charge is 0.488 e. The molecule has 0 aliphatic heterocycles. The maximum atomic E-state index is 12.4. The molecule has 0 saturated heterocycles. The standard InChI is InChI=1S/C21H17NO5/c23-21(27-15-17-10-12-18(13-11-17)22(24)25)19-8-4-5-9-20(19)26-14-16-6-2-1-3-7-16/h1-13H,14-15H2. The molecule has 0 aromatic heterocycles. The summed E-state index contributed by atoms with van der Waals surface area (Å²) in [6, 6.07) is 22.4. The number of hydrogen-bond donors (Lipinski definition) is 0. The van der Waals surface area contributed by atoms with Crippen LogP contribution >= 0.6 is 0 Å². The summed E-state index contributed by atoms with van der Waals surface area (Å²) in [4.78, 5) is 22.6. The number of hydrogen-bond acceptors (Lipinski definition) is 5. The zero-order valence-corrected chi connectivity index (χ0v) is 14.4. The lowest BCUT2D eigenvalue weighted by Gasteiger charge is -2.11. The molecule has 0 saturated carbocycles. The average Bonchev–Trinajstić information content (AvgIpc) is 2.71. The SMILES string of the molecule is O=C(OCc1ccc([N+](=O)[O-])cc1)c1ccccc1OCc1ccccc1. The van der Waals surface area contributed by atoms with Crippen molar-refractivity contribution in [3.05, 3.63) is 106 Å². The first kappa shape index (κ1) is 18.1. The first-order chi connectivity index (χ1) is 13.1. The van der Waals surface area contributed by atoms with Crippen LogP contribution in [0.4, 0.5) is 5.69 Å². The Hall–Kier alpha value is -3.67. The number of carbonyl (C=O) groups excluding carboxylic acids is 1. The van der Waals surface area contributed by atoms with Gasteiger partial charge in [-0.3, -0.25) is 10.1 Å². The maximum absolute atomic E-state index is 12.4. The Morgan fingerprint density at radius 3 is 2.15 bits per heavy atom. The number of nitrogens with zero attached hydrogens (tertiary/aromatic N) is 1. The Morgan fingerprint density at radius 2 is 1.44 bits per heavy atom. The number of nitro groups is 1. The Bertz CT molecular complexity index is 923.